The molecule has 0 atom stereocenters. The van der Waals surface area contributed by atoms with Crippen molar-refractivity contribution in [3.8, 4) is 0 Å². The molecule has 0 bridgehead atoms. The third kappa shape index (κ3) is 3.03. The molecule has 15 heavy (non-hydrogen) atoms. The van der Waals surface area contributed by atoms with Crippen LogP contribution < -0.4 is 4.90 Å². The van der Waals surface area contributed by atoms with E-state index in [0.29, 0.717) is 0 Å². The molecule has 1 fully saturated rings. The predicted octanol–water partition coefficient (Wildman–Crippen LogP) is 0.989. The number of hydrogen-bond acceptors (Lipinski definition) is 1. The third-order valence-electron chi connectivity index (χ3n) is 3.06. The maximum atomic E-state index is 9.43. The van der Waals surface area contributed by atoms with Gasteiger partial charge < -0.3 is 10.0 Å². The van der Waals surface area contributed by atoms with Crippen molar-refractivity contribution in [3.63, 3.8) is 0 Å². The van der Waals surface area contributed by atoms with Gasteiger partial charge in [-0.25, -0.2) is 0 Å². The number of hydrogen-bond donors (Lipinski definition) is 2. The van der Waals surface area contributed by atoms with Crippen LogP contribution in [0.25, 0.3) is 0 Å². The molecule has 1 aliphatic rings. The number of quaternary nitrogens is 1. The lowest BCUT2D eigenvalue weighted by Gasteiger charge is -2.26. The van der Waals surface area contributed by atoms with Gasteiger partial charge in [0.15, 0.2) is 0 Å². The fourth-order valence-electron chi connectivity index (χ4n) is 2.10. The van der Waals surface area contributed by atoms with Crippen LogP contribution in [-0.4, -0.2) is 24.3 Å². The van der Waals surface area contributed by atoms with Crippen LogP contribution in [0, 0.1) is 0 Å². The van der Waals surface area contributed by atoms with Gasteiger partial charge in [0.2, 0.25) is 0 Å². The Hall–Kier alpha value is -0.380. The molecule has 1 aromatic rings. The largest absolute Gasteiger partial charge is 0.393 e. The fraction of sp³-hybridized carbons (Fsp3) is 0.500. The van der Waals surface area contributed by atoms with Crippen LogP contribution in [-0.2, 0) is 6.54 Å². The minimum atomic E-state index is -0.0621. The Bertz CT molecular complexity index is 321. The molecular weight excluding hydrogens is 254 g/mol. The van der Waals surface area contributed by atoms with E-state index in [4.69, 9.17) is 0 Å². The molecule has 0 aromatic heterocycles. The zero-order chi connectivity index (χ0) is 10.7. The summed E-state index contributed by atoms with van der Waals surface area (Å²) in [5.41, 5.74) is 1.36. The molecule has 1 aromatic carbocycles. The minimum absolute atomic E-state index is 0.0621. The van der Waals surface area contributed by atoms with Gasteiger partial charge in [-0.15, -0.1) is 0 Å². The first-order chi connectivity index (χ1) is 7.25. The number of nitrogens with one attached hydrogen (secondary N) is 1. The molecule has 2 N–H and O–H groups in total. The van der Waals surface area contributed by atoms with Gasteiger partial charge in [-0.05, 0) is 6.07 Å². The van der Waals surface area contributed by atoms with Gasteiger partial charge in [-0.3, -0.25) is 0 Å². The van der Waals surface area contributed by atoms with Gasteiger partial charge in [-0.1, -0.05) is 34.1 Å². The van der Waals surface area contributed by atoms with Crippen LogP contribution in [0.4, 0.5) is 0 Å². The average Bonchev–Trinajstić information content (AvgIpc) is 2.25. The fourth-order valence-corrected chi connectivity index (χ4v) is 2.52. The summed E-state index contributed by atoms with van der Waals surface area (Å²) in [6, 6.07) is 8.39. The summed E-state index contributed by atoms with van der Waals surface area (Å²) < 4.78 is 1.20. The number of piperidine rings is 1. The number of likely N-dealkylation sites (tertiary alicyclic amines) is 1. The van der Waals surface area contributed by atoms with Gasteiger partial charge in [-0.2, -0.15) is 0 Å². The highest BCUT2D eigenvalue weighted by Crippen LogP contribution is 2.14. The van der Waals surface area contributed by atoms with Crippen LogP contribution in [0.15, 0.2) is 28.7 Å². The Morgan fingerprint density at radius 2 is 1.93 bits per heavy atom. The van der Waals surface area contributed by atoms with Crippen molar-refractivity contribution in [2.45, 2.75) is 25.5 Å². The van der Waals surface area contributed by atoms with Gasteiger partial charge >= 0.3 is 0 Å². The molecule has 2 rings (SSSR count). The highest BCUT2D eigenvalue weighted by molar-refractivity contribution is 9.10. The Kier molecular flexibility index (Phi) is 3.78. The van der Waals surface area contributed by atoms with Crippen LogP contribution in [0.5, 0.6) is 0 Å². The Morgan fingerprint density at radius 3 is 2.60 bits per heavy atom. The van der Waals surface area contributed by atoms with E-state index < -0.39 is 0 Å². The van der Waals surface area contributed by atoms with Crippen molar-refractivity contribution >= 4 is 15.9 Å². The Morgan fingerprint density at radius 1 is 1.27 bits per heavy atom. The number of benzene rings is 1. The lowest BCUT2D eigenvalue weighted by Crippen LogP contribution is -3.12. The average molecular weight is 271 g/mol. The lowest BCUT2D eigenvalue weighted by molar-refractivity contribution is -0.919. The first-order valence-corrected chi connectivity index (χ1v) is 6.30. The molecule has 0 spiro atoms. The molecule has 0 aliphatic carbocycles. The van der Waals surface area contributed by atoms with Crippen LogP contribution in [0.2, 0.25) is 0 Å². The molecular formula is C12H17BrNO+. The second kappa shape index (κ2) is 5.10. The molecule has 82 valence electrons. The molecule has 1 saturated heterocycles. The second-order valence-electron chi connectivity index (χ2n) is 4.25. The lowest BCUT2D eigenvalue weighted by atomic mass is 10.1. The van der Waals surface area contributed by atoms with E-state index in [-0.39, 0.29) is 6.10 Å². The third-order valence-corrected chi connectivity index (χ3v) is 3.83. The number of aliphatic hydroxyl groups is 1. The van der Waals surface area contributed by atoms with Gasteiger partial charge in [0.1, 0.15) is 6.54 Å². The van der Waals surface area contributed by atoms with E-state index in [0.717, 1.165) is 32.5 Å². The molecule has 2 nitrogen and oxygen atoms in total. The van der Waals surface area contributed by atoms with E-state index >= 15 is 0 Å². The van der Waals surface area contributed by atoms with Crippen molar-refractivity contribution < 1.29 is 10.0 Å². The second-order valence-corrected chi connectivity index (χ2v) is 5.10. The zero-order valence-corrected chi connectivity index (χ0v) is 10.3. The Balaban J connectivity index is 1.95. The van der Waals surface area contributed by atoms with Crippen molar-refractivity contribution in [3.05, 3.63) is 34.3 Å². The number of halogens is 1. The van der Waals surface area contributed by atoms with Crippen molar-refractivity contribution in [1.29, 1.82) is 0 Å². The molecule has 1 heterocycles. The van der Waals surface area contributed by atoms with E-state index in [1.807, 2.05) is 6.07 Å². The summed E-state index contributed by atoms with van der Waals surface area (Å²) in [5, 5.41) is 9.43. The number of aliphatic hydroxyl groups excluding tert-OH is 1. The minimum Gasteiger partial charge on any atom is -0.393 e. The standard InChI is InChI=1S/C12H16BrNO/c13-12-4-2-1-3-10(12)9-14-7-5-11(15)6-8-14/h1-4,11,15H,5-9H2/p+1. The van der Waals surface area contributed by atoms with E-state index in [1.165, 1.54) is 10.0 Å². The van der Waals surface area contributed by atoms with Gasteiger partial charge in [0.05, 0.1) is 19.2 Å². The monoisotopic (exact) mass is 270 g/mol. The predicted molar refractivity (Wildman–Crippen MR) is 63.8 cm³/mol. The van der Waals surface area contributed by atoms with E-state index in [9.17, 15) is 5.11 Å². The summed E-state index contributed by atoms with van der Waals surface area (Å²) in [6.45, 7) is 3.24. The highest BCUT2D eigenvalue weighted by Gasteiger charge is 2.20. The molecule has 3 heteroatoms. The molecule has 0 unspecified atom stereocenters. The normalized spacial score (nSPS) is 26.5. The highest BCUT2D eigenvalue weighted by atomic mass is 79.9. The van der Waals surface area contributed by atoms with Gasteiger partial charge in [0.25, 0.3) is 0 Å². The van der Waals surface area contributed by atoms with Crippen molar-refractivity contribution in [1.82, 2.24) is 0 Å². The molecule has 1 aliphatic heterocycles. The summed E-state index contributed by atoms with van der Waals surface area (Å²) in [7, 11) is 0. The smallest absolute Gasteiger partial charge is 0.104 e. The van der Waals surface area contributed by atoms with Crippen molar-refractivity contribution in [2.24, 2.45) is 0 Å². The quantitative estimate of drug-likeness (QED) is 0.823. The summed E-state index contributed by atoms with van der Waals surface area (Å²) in [5.74, 6) is 0. The summed E-state index contributed by atoms with van der Waals surface area (Å²) in [4.78, 5) is 1.58. The summed E-state index contributed by atoms with van der Waals surface area (Å²) in [6.07, 6.45) is 1.83. The van der Waals surface area contributed by atoms with Crippen LogP contribution in [0.3, 0.4) is 0 Å². The molecule has 0 amide bonds. The van der Waals surface area contributed by atoms with E-state index in [2.05, 4.69) is 34.1 Å². The van der Waals surface area contributed by atoms with E-state index in [1.54, 1.807) is 4.90 Å². The van der Waals surface area contributed by atoms with Crippen LogP contribution >= 0.6 is 15.9 Å². The first kappa shape index (κ1) is 11.1. The maximum absolute atomic E-state index is 9.43. The number of rotatable bonds is 2. The summed E-state index contributed by atoms with van der Waals surface area (Å²) >= 11 is 3.57. The molecule has 0 radical (unpaired) electrons. The maximum Gasteiger partial charge on any atom is 0.104 e. The van der Waals surface area contributed by atoms with Crippen molar-refractivity contribution in [2.75, 3.05) is 13.1 Å². The van der Waals surface area contributed by atoms with Crippen LogP contribution in [0.1, 0.15) is 18.4 Å². The molecule has 0 saturated carbocycles. The Labute approximate surface area is 99.0 Å². The SMILES string of the molecule is OC1CC[NH+](Cc2ccccc2Br)CC1. The topological polar surface area (TPSA) is 24.7 Å². The van der Waals surface area contributed by atoms with Gasteiger partial charge in [0, 0.05) is 22.9 Å². The first-order valence-electron chi connectivity index (χ1n) is 5.51. The zero-order valence-electron chi connectivity index (χ0n) is 8.75.